The second-order valence-electron chi connectivity index (χ2n) is 9.54. The Bertz CT molecular complexity index is 1430. The normalized spacial score (nSPS) is 19.5. The zero-order valence-electron chi connectivity index (χ0n) is 21.8. The fourth-order valence-corrected chi connectivity index (χ4v) is 5.61. The predicted octanol–water partition coefficient (Wildman–Crippen LogP) is 5.61. The standard InChI is InChI=1S/C33H30O6/c1-37-25-19-17-23(18-20-25)30(34)28-29(26-15-9-10-16-27(26)31(28)35)33(32(36)38-2,24-13-7-4-8-14-24)39-21-22-11-5-3-6-12-22/h3-20,28-29,31,35H,21H2,1-2H3/t28-,29-,31-,33-/m1/s1. The van der Waals surface area contributed by atoms with E-state index in [1.54, 1.807) is 49.6 Å². The second-order valence-corrected chi connectivity index (χ2v) is 9.54. The highest BCUT2D eigenvalue weighted by atomic mass is 16.6. The molecule has 4 atom stereocenters. The number of carbonyl (C=O) groups excluding carboxylic acids is 2. The molecular formula is C33H30O6. The number of hydrogen-bond acceptors (Lipinski definition) is 6. The molecule has 0 bridgehead atoms. The number of aliphatic hydroxyl groups is 1. The molecule has 0 spiro atoms. The number of fused-ring (bicyclic) bond motifs is 1. The number of ketones is 1. The number of esters is 1. The molecule has 0 saturated heterocycles. The number of hydrogen-bond donors (Lipinski definition) is 1. The minimum absolute atomic E-state index is 0.0864. The summed E-state index contributed by atoms with van der Waals surface area (Å²) in [7, 11) is 2.86. The SMILES string of the molecule is COC(=O)[C@@](OCc1ccccc1)(c1ccccc1)[C@@H]1c2ccccc2[C@@H](O)[C@H]1C(=O)c1ccc(OC)cc1. The van der Waals surface area contributed by atoms with Crippen LogP contribution in [0.1, 0.15) is 44.6 Å². The quantitative estimate of drug-likeness (QED) is 0.227. The minimum atomic E-state index is -1.73. The number of aliphatic hydroxyl groups excluding tert-OH is 1. The molecule has 5 rings (SSSR count). The average Bonchev–Trinajstić information content (AvgIpc) is 3.30. The van der Waals surface area contributed by atoms with E-state index in [1.807, 2.05) is 66.7 Å². The summed E-state index contributed by atoms with van der Waals surface area (Å²) in [6.45, 7) is 0.0864. The molecule has 1 aliphatic carbocycles. The molecular weight excluding hydrogens is 492 g/mol. The monoisotopic (exact) mass is 522 g/mol. The molecule has 4 aromatic carbocycles. The van der Waals surface area contributed by atoms with Crippen LogP contribution in [0.2, 0.25) is 0 Å². The summed E-state index contributed by atoms with van der Waals surface area (Å²) >= 11 is 0. The summed E-state index contributed by atoms with van der Waals surface area (Å²) in [5, 5.41) is 11.6. The molecule has 6 nitrogen and oxygen atoms in total. The van der Waals surface area contributed by atoms with Gasteiger partial charge in [0.25, 0.3) is 0 Å². The van der Waals surface area contributed by atoms with E-state index in [2.05, 4.69) is 0 Å². The molecule has 4 aromatic rings. The van der Waals surface area contributed by atoms with Crippen molar-refractivity contribution in [1.29, 1.82) is 0 Å². The van der Waals surface area contributed by atoms with Crippen molar-refractivity contribution < 1.29 is 28.9 Å². The van der Waals surface area contributed by atoms with Gasteiger partial charge in [0.05, 0.1) is 32.8 Å². The highest BCUT2D eigenvalue weighted by molar-refractivity contribution is 6.00. The molecule has 0 saturated carbocycles. The third-order valence-electron chi connectivity index (χ3n) is 7.46. The van der Waals surface area contributed by atoms with E-state index in [0.717, 1.165) is 5.56 Å². The predicted molar refractivity (Wildman–Crippen MR) is 146 cm³/mol. The number of methoxy groups -OCH3 is 2. The molecule has 1 N–H and O–H groups in total. The summed E-state index contributed by atoms with van der Waals surface area (Å²) in [6.07, 6.45) is -1.16. The lowest BCUT2D eigenvalue weighted by molar-refractivity contribution is -0.180. The molecule has 0 heterocycles. The van der Waals surface area contributed by atoms with Crippen molar-refractivity contribution in [3.63, 3.8) is 0 Å². The molecule has 6 heteroatoms. The number of ether oxygens (including phenoxy) is 3. The Morgan fingerprint density at radius 1 is 0.769 bits per heavy atom. The molecule has 0 radical (unpaired) electrons. The second kappa shape index (κ2) is 11.2. The molecule has 0 fully saturated rings. The van der Waals surface area contributed by atoms with Gasteiger partial charge in [0.2, 0.25) is 0 Å². The summed E-state index contributed by atoms with van der Waals surface area (Å²) < 4.78 is 17.3. The van der Waals surface area contributed by atoms with Gasteiger partial charge in [-0.2, -0.15) is 0 Å². The summed E-state index contributed by atoms with van der Waals surface area (Å²) in [4.78, 5) is 28.2. The largest absolute Gasteiger partial charge is 0.497 e. The molecule has 0 unspecified atom stereocenters. The lowest BCUT2D eigenvalue weighted by Gasteiger charge is -2.40. The van der Waals surface area contributed by atoms with Crippen molar-refractivity contribution in [2.45, 2.75) is 24.2 Å². The van der Waals surface area contributed by atoms with Gasteiger partial charge in [0.1, 0.15) is 5.75 Å². The fourth-order valence-electron chi connectivity index (χ4n) is 5.61. The first-order valence-electron chi connectivity index (χ1n) is 12.8. The van der Waals surface area contributed by atoms with E-state index in [4.69, 9.17) is 14.2 Å². The zero-order chi connectivity index (χ0) is 27.4. The van der Waals surface area contributed by atoms with Crippen molar-refractivity contribution in [1.82, 2.24) is 0 Å². The van der Waals surface area contributed by atoms with Crippen LogP contribution in [0.3, 0.4) is 0 Å². The van der Waals surface area contributed by atoms with Crippen LogP contribution in [0.5, 0.6) is 5.75 Å². The Hall–Kier alpha value is -4.26. The minimum Gasteiger partial charge on any atom is -0.497 e. The van der Waals surface area contributed by atoms with Gasteiger partial charge >= 0.3 is 5.97 Å². The summed E-state index contributed by atoms with van der Waals surface area (Å²) in [6, 6.07) is 32.6. The third kappa shape index (κ3) is 4.73. The van der Waals surface area contributed by atoms with Gasteiger partial charge in [-0.3, -0.25) is 4.79 Å². The van der Waals surface area contributed by atoms with Crippen molar-refractivity contribution >= 4 is 11.8 Å². The Kier molecular flexibility index (Phi) is 7.59. The Morgan fingerprint density at radius 3 is 1.97 bits per heavy atom. The lowest BCUT2D eigenvalue weighted by atomic mass is 9.71. The third-order valence-corrected chi connectivity index (χ3v) is 7.46. The molecule has 39 heavy (non-hydrogen) atoms. The fraction of sp³-hybridized carbons (Fsp3) is 0.212. The van der Waals surface area contributed by atoms with E-state index in [-0.39, 0.29) is 12.4 Å². The highest BCUT2D eigenvalue weighted by Crippen LogP contribution is 2.56. The molecule has 0 aromatic heterocycles. The van der Waals surface area contributed by atoms with Crippen molar-refractivity contribution in [2.24, 2.45) is 5.92 Å². The number of benzene rings is 4. The molecule has 0 aliphatic heterocycles. The van der Waals surface area contributed by atoms with Crippen molar-refractivity contribution in [2.75, 3.05) is 14.2 Å². The van der Waals surface area contributed by atoms with Gasteiger partial charge in [0.15, 0.2) is 11.4 Å². The Labute approximate surface area is 227 Å². The smallest absolute Gasteiger partial charge is 0.343 e. The van der Waals surface area contributed by atoms with E-state index >= 15 is 0 Å². The molecule has 198 valence electrons. The van der Waals surface area contributed by atoms with E-state index in [9.17, 15) is 14.7 Å². The van der Waals surface area contributed by atoms with E-state index in [1.165, 1.54) is 7.11 Å². The first kappa shape index (κ1) is 26.4. The Balaban J connectivity index is 1.72. The average molecular weight is 523 g/mol. The van der Waals surface area contributed by atoms with Crippen LogP contribution in [-0.4, -0.2) is 31.1 Å². The van der Waals surface area contributed by atoms with Crippen molar-refractivity contribution in [3.8, 4) is 5.75 Å². The van der Waals surface area contributed by atoms with Crippen LogP contribution < -0.4 is 4.74 Å². The number of carbonyl (C=O) groups is 2. The first-order valence-corrected chi connectivity index (χ1v) is 12.8. The lowest BCUT2D eigenvalue weighted by Crippen LogP contribution is -2.48. The van der Waals surface area contributed by atoms with Crippen LogP contribution in [0, 0.1) is 5.92 Å². The van der Waals surface area contributed by atoms with Gasteiger partial charge in [0, 0.05) is 11.5 Å². The van der Waals surface area contributed by atoms with Crippen LogP contribution in [-0.2, 0) is 26.5 Å². The van der Waals surface area contributed by atoms with Gasteiger partial charge in [-0.15, -0.1) is 0 Å². The van der Waals surface area contributed by atoms with Crippen LogP contribution in [0.4, 0.5) is 0 Å². The maximum Gasteiger partial charge on any atom is 0.343 e. The van der Waals surface area contributed by atoms with Gasteiger partial charge in [-0.1, -0.05) is 84.9 Å². The van der Waals surface area contributed by atoms with Gasteiger partial charge in [-0.05, 0) is 46.5 Å². The first-order chi connectivity index (χ1) is 19.0. The van der Waals surface area contributed by atoms with Gasteiger partial charge < -0.3 is 19.3 Å². The summed E-state index contributed by atoms with van der Waals surface area (Å²) in [5.41, 5.74) is 1.31. The Morgan fingerprint density at radius 2 is 1.36 bits per heavy atom. The topological polar surface area (TPSA) is 82.1 Å². The molecule has 1 aliphatic rings. The van der Waals surface area contributed by atoms with E-state index < -0.39 is 29.5 Å². The number of rotatable bonds is 9. The van der Waals surface area contributed by atoms with Crippen LogP contribution in [0.15, 0.2) is 109 Å². The van der Waals surface area contributed by atoms with Crippen LogP contribution in [0.25, 0.3) is 0 Å². The number of Topliss-reactive ketones (excluding diaryl/α,β-unsaturated/α-hetero) is 1. The van der Waals surface area contributed by atoms with Gasteiger partial charge in [-0.25, -0.2) is 4.79 Å². The summed E-state index contributed by atoms with van der Waals surface area (Å²) in [5.74, 6) is -2.24. The maximum atomic E-state index is 14.2. The maximum absolute atomic E-state index is 14.2. The van der Waals surface area contributed by atoms with Crippen LogP contribution >= 0.6 is 0 Å². The molecule has 0 amide bonds. The van der Waals surface area contributed by atoms with Crippen molar-refractivity contribution in [3.05, 3.63) is 137 Å². The zero-order valence-corrected chi connectivity index (χ0v) is 21.8. The highest BCUT2D eigenvalue weighted by Gasteiger charge is 2.60. The van der Waals surface area contributed by atoms with E-state index in [0.29, 0.717) is 28.0 Å².